The molecule has 1 saturated heterocycles. The lowest BCUT2D eigenvalue weighted by molar-refractivity contribution is -0.141. The van der Waals surface area contributed by atoms with Crippen LogP contribution in [-0.4, -0.2) is 41.2 Å². The Morgan fingerprint density at radius 2 is 1.75 bits per heavy atom. The molecule has 0 bridgehead atoms. The van der Waals surface area contributed by atoms with Crippen molar-refractivity contribution in [2.45, 2.75) is 39.0 Å². The average molecular weight is 226 g/mol. The summed E-state index contributed by atoms with van der Waals surface area (Å²) in [5, 5.41) is 0. The number of barbiturate groups is 1. The van der Waals surface area contributed by atoms with Crippen LogP contribution in [0.1, 0.15) is 39.0 Å². The molecule has 5 heteroatoms. The van der Waals surface area contributed by atoms with Gasteiger partial charge in [0.25, 0.3) is 0 Å². The molecular formula is C11H18N2O3. The van der Waals surface area contributed by atoms with E-state index >= 15 is 0 Å². The van der Waals surface area contributed by atoms with Gasteiger partial charge in [-0.05, 0) is 6.42 Å². The standard InChI is InChI=1S/C11H18N2O3/c1-3-4-5-6-7-13-10(15)8-9(14)12(2)11(13)16/h3-8H2,1-2H3. The molecule has 1 fully saturated rings. The molecule has 0 aromatic heterocycles. The topological polar surface area (TPSA) is 57.7 Å². The molecule has 1 rings (SSSR count). The first-order valence-corrected chi connectivity index (χ1v) is 5.68. The molecule has 90 valence electrons. The summed E-state index contributed by atoms with van der Waals surface area (Å²) in [5.74, 6) is -0.788. The van der Waals surface area contributed by atoms with Crippen LogP contribution in [0.3, 0.4) is 0 Å². The first-order chi connectivity index (χ1) is 7.57. The van der Waals surface area contributed by atoms with Crippen LogP contribution in [0, 0.1) is 0 Å². The number of urea groups is 1. The van der Waals surface area contributed by atoms with E-state index in [0.717, 1.165) is 30.6 Å². The van der Waals surface area contributed by atoms with Gasteiger partial charge in [-0.15, -0.1) is 0 Å². The van der Waals surface area contributed by atoms with Crippen LogP contribution in [0.15, 0.2) is 0 Å². The molecule has 1 heterocycles. The Morgan fingerprint density at radius 3 is 2.38 bits per heavy atom. The summed E-state index contributed by atoms with van der Waals surface area (Å²) in [7, 11) is 1.41. The predicted molar refractivity (Wildman–Crippen MR) is 58.6 cm³/mol. The van der Waals surface area contributed by atoms with Crippen molar-refractivity contribution in [1.29, 1.82) is 0 Å². The van der Waals surface area contributed by atoms with Gasteiger partial charge >= 0.3 is 6.03 Å². The number of rotatable bonds is 5. The fourth-order valence-electron chi connectivity index (χ4n) is 1.65. The molecule has 0 aliphatic carbocycles. The zero-order valence-corrected chi connectivity index (χ0v) is 9.86. The molecule has 0 radical (unpaired) electrons. The number of nitrogens with zero attached hydrogens (tertiary/aromatic N) is 2. The minimum absolute atomic E-state index is 0.185. The van der Waals surface area contributed by atoms with Crippen LogP contribution in [-0.2, 0) is 9.59 Å². The van der Waals surface area contributed by atoms with E-state index in [2.05, 4.69) is 6.92 Å². The number of hydrogen-bond acceptors (Lipinski definition) is 3. The molecule has 0 spiro atoms. The molecule has 16 heavy (non-hydrogen) atoms. The van der Waals surface area contributed by atoms with E-state index in [1.165, 1.54) is 11.9 Å². The Bertz CT molecular complexity index is 302. The fourth-order valence-corrected chi connectivity index (χ4v) is 1.65. The molecule has 4 amide bonds. The summed E-state index contributed by atoms with van der Waals surface area (Å²) in [6.07, 6.45) is 3.85. The van der Waals surface area contributed by atoms with Crippen LogP contribution < -0.4 is 0 Å². The summed E-state index contributed by atoms with van der Waals surface area (Å²) >= 11 is 0. The van der Waals surface area contributed by atoms with Gasteiger partial charge in [0.2, 0.25) is 11.8 Å². The monoisotopic (exact) mass is 226 g/mol. The molecule has 0 aromatic carbocycles. The molecule has 0 atom stereocenters. The van der Waals surface area contributed by atoms with E-state index in [1.54, 1.807) is 0 Å². The summed E-state index contributed by atoms with van der Waals surface area (Å²) in [4.78, 5) is 36.5. The highest BCUT2D eigenvalue weighted by Crippen LogP contribution is 2.12. The second-order valence-electron chi connectivity index (χ2n) is 4.02. The SMILES string of the molecule is CCCCCCN1C(=O)CC(=O)N(C)C1=O. The smallest absolute Gasteiger partial charge is 0.274 e. The lowest BCUT2D eigenvalue weighted by atomic mass is 10.2. The van der Waals surface area contributed by atoms with Gasteiger partial charge in [-0.25, -0.2) is 4.79 Å². The maximum absolute atomic E-state index is 11.6. The first kappa shape index (κ1) is 12.7. The summed E-state index contributed by atoms with van der Waals surface area (Å²) in [5.41, 5.74) is 0. The average Bonchev–Trinajstić information content (AvgIpc) is 2.25. The Balaban J connectivity index is 2.48. The van der Waals surface area contributed by atoms with Gasteiger partial charge in [-0.2, -0.15) is 0 Å². The normalized spacial score (nSPS) is 17.2. The zero-order chi connectivity index (χ0) is 12.1. The van der Waals surface area contributed by atoms with Crippen LogP contribution >= 0.6 is 0 Å². The third kappa shape index (κ3) is 2.81. The Kier molecular flexibility index (Phi) is 4.46. The third-order valence-electron chi connectivity index (χ3n) is 2.73. The fraction of sp³-hybridized carbons (Fsp3) is 0.727. The van der Waals surface area contributed by atoms with E-state index in [-0.39, 0.29) is 12.3 Å². The van der Waals surface area contributed by atoms with Gasteiger partial charge in [0.15, 0.2) is 0 Å². The van der Waals surface area contributed by atoms with E-state index in [9.17, 15) is 14.4 Å². The molecule has 1 aliphatic heterocycles. The predicted octanol–water partition coefficient (Wildman–Crippen LogP) is 1.38. The minimum Gasteiger partial charge on any atom is -0.274 e. The second kappa shape index (κ2) is 5.63. The van der Waals surface area contributed by atoms with Gasteiger partial charge < -0.3 is 0 Å². The van der Waals surface area contributed by atoms with E-state index in [0.29, 0.717) is 6.54 Å². The van der Waals surface area contributed by atoms with E-state index in [1.807, 2.05) is 0 Å². The molecule has 5 nitrogen and oxygen atoms in total. The highest BCUT2D eigenvalue weighted by atomic mass is 16.2. The van der Waals surface area contributed by atoms with Crippen LogP contribution in [0.5, 0.6) is 0 Å². The van der Waals surface area contributed by atoms with Crippen LogP contribution in [0.25, 0.3) is 0 Å². The van der Waals surface area contributed by atoms with Gasteiger partial charge in [0.1, 0.15) is 6.42 Å². The lowest BCUT2D eigenvalue weighted by Gasteiger charge is -2.30. The highest BCUT2D eigenvalue weighted by molar-refractivity contribution is 6.13. The number of unbranched alkanes of at least 4 members (excludes halogenated alkanes) is 3. The van der Waals surface area contributed by atoms with E-state index < -0.39 is 11.9 Å². The molecule has 0 N–H and O–H groups in total. The number of imide groups is 2. The third-order valence-corrected chi connectivity index (χ3v) is 2.73. The van der Waals surface area contributed by atoms with Gasteiger partial charge in [0, 0.05) is 13.6 Å². The Labute approximate surface area is 95.4 Å². The lowest BCUT2D eigenvalue weighted by Crippen LogP contribution is -2.53. The van der Waals surface area contributed by atoms with Crippen LogP contribution in [0.2, 0.25) is 0 Å². The van der Waals surface area contributed by atoms with Crippen molar-refractivity contribution < 1.29 is 14.4 Å². The highest BCUT2D eigenvalue weighted by Gasteiger charge is 2.34. The summed E-state index contributed by atoms with van der Waals surface area (Å²) in [6, 6.07) is -0.488. The van der Waals surface area contributed by atoms with Crippen molar-refractivity contribution in [2.24, 2.45) is 0 Å². The largest absolute Gasteiger partial charge is 0.333 e. The van der Waals surface area contributed by atoms with Crippen molar-refractivity contribution in [3.8, 4) is 0 Å². The van der Waals surface area contributed by atoms with Crippen molar-refractivity contribution in [3.63, 3.8) is 0 Å². The first-order valence-electron chi connectivity index (χ1n) is 5.68. The minimum atomic E-state index is -0.488. The molecule has 0 unspecified atom stereocenters. The van der Waals surface area contributed by atoms with E-state index in [4.69, 9.17) is 0 Å². The summed E-state index contributed by atoms with van der Waals surface area (Å²) < 4.78 is 0. The zero-order valence-electron chi connectivity index (χ0n) is 9.86. The quantitative estimate of drug-likeness (QED) is 0.525. The van der Waals surface area contributed by atoms with Crippen LogP contribution in [0.4, 0.5) is 4.79 Å². The van der Waals surface area contributed by atoms with Gasteiger partial charge in [-0.3, -0.25) is 19.4 Å². The van der Waals surface area contributed by atoms with Crippen molar-refractivity contribution in [3.05, 3.63) is 0 Å². The van der Waals surface area contributed by atoms with Gasteiger partial charge in [-0.1, -0.05) is 26.2 Å². The van der Waals surface area contributed by atoms with Crippen molar-refractivity contribution in [1.82, 2.24) is 9.80 Å². The molecule has 0 aromatic rings. The van der Waals surface area contributed by atoms with Crippen molar-refractivity contribution >= 4 is 17.8 Å². The Morgan fingerprint density at radius 1 is 1.06 bits per heavy atom. The Hall–Kier alpha value is -1.39. The molecular weight excluding hydrogens is 208 g/mol. The summed E-state index contributed by atoms with van der Waals surface area (Å²) in [6.45, 7) is 2.53. The molecule has 1 aliphatic rings. The maximum Gasteiger partial charge on any atom is 0.333 e. The number of carbonyl (C=O) groups excluding carboxylic acids is 3. The van der Waals surface area contributed by atoms with Gasteiger partial charge in [0.05, 0.1) is 0 Å². The molecule has 0 saturated carbocycles. The maximum atomic E-state index is 11.6. The second-order valence-corrected chi connectivity index (χ2v) is 4.02. The number of hydrogen-bond donors (Lipinski definition) is 0. The number of amides is 4. The van der Waals surface area contributed by atoms with Crippen molar-refractivity contribution in [2.75, 3.05) is 13.6 Å². The number of carbonyl (C=O) groups is 3.